The molecule has 0 N–H and O–H groups in total. The van der Waals surface area contributed by atoms with E-state index in [1.807, 2.05) is 0 Å². The van der Waals surface area contributed by atoms with E-state index in [0.29, 0.717) is 0 Å². The summed E-state index contributed by atoms with van der Waals surface area (Å²) in [4.78, 5) is 0. The molecule has 0 bridgehead atoms. The van der Waals surface area contributed by atoms with Crippen molar-refractivity contribution in [3.8, 4) is 0 Å². The fraction of sp³-hybridized carbons (Fsp3) is 1.00. The molecule has 32 heavy (non-hydrogen) atoms. The second-order valence-corrected chi connectivity index (χ2v) is 5.82. The molecule has 2 aliphatic heterocycles. The third-order valence-corrected chi connectivity index (χ3v) is 3.51. The first kappa shape index (κ1) is 28.8. The zero-order chi connectivity index (χ0) is 25.6. The van der Waals surface area contributed by atoms with Gasteiger partial charge >= 0.3 is 36.3 Å². The second kappa shape index (κ2) is 8.82. The van der Waals surface area contributed by atoms with Gasteiger partial charge in [0, 0.05) is 0 Å². The Bertz CT molecular complexity index is 542. The monoisotopic (exact) mass is 520 g/mol. The summed E-state index contributed by atoms with van der Waals surface area (Å²) < 4.78 is 208. The molecule has 0 saturated carbocycles. The number of hydrogen-bond donors (Lipinski definition) is 0. The third-order valence-electron chi connectivity index (χ3n) is 3.51. The molecule has 4 nitrogen and oxygen atoms in total. The van der Waals surface area contributed by atoms with E-state index in [-0.39, 0.29) is 0 Å². The molecule has 0 spiro atoms. The van der Waals surface area contributed by atoms with Gasteiger partial charge in [0.1, 0.15) is 0 Å². The topological polar surface area (TPSA) is 36.9 Å². The van der Waals surface area contributed by atoms with Crippen LogP contribution in [0.2, 0.25) is 0 Å². The van der Waals surface area contributed by atoms with E-state index < -0.39 is 74.6 Å². The molecule has 0 aromatic carbocycles. The van der Waals surface area contributed by atoms with Gasteiger partial charge in [-0.15, -0.1) is 0 Å². The van der Waals surface area contributed by atoms with Gasteiger partial charge < -0.3 is 9.47 Å². The van der Waals surface area contributed by atoms with Crippen LogP contribution in [0.25, 0.3) is 0 Å². The van der Waals surface area contributed by atoms with E-state index >= 15 is 0 Å². The minimum Gasteiger partial charge on any atom is -0.332 e. The van der Waals surface area contributed by atoms with Crippen LogP contribution in [0.1, 0.15) is 0 Å². The molecule has 192 valence electrons. The van der Waals surface area contributed by atoms with Crippen molar-refractivity contribution in [2.75, 3.05) is 13.2 Å². The summed E-state index contributed by atoms with van der Waals surface area (Å²) >= 11 is 0. The standard InChI is InChI=1S/2C6H4F8O2/c2*7-2-1-15-4(5(9,10)11,6(12,13)14)16-3(2)8/h2*2-3H,1H2. The molecule has 2 heterocycles. The molecule has 0 aliphatic carbocycles. The lowest BCUT2D eigenvalue weighted by Crippen LogP contribution is -2.65. The summed E-state index contributed by atoms with van der Waals surface area (Å²) in [7, 11) is 0. The van der Waals surface area contributed by atoms with Crippen molar-refractivity contribution in [3.05, 3.63) is 0 Å². The van der Waals surface area contributed by atoms with Gasteiger partial charge in [-0.1, -0.05) is 0 Å². The summed E-state index contributed by atoms with van der Waals surface area (Å²) in [5.41, 5.74) is 0. The molecule has 2 aliphatic rings. The van der Waals surface area contributed by atoms with Crippen molar-refractivity contribution in [1.82, 2.24) is 0 Å². The highest BCUT2D eigenvalue weighted by Gasteiger charge is 2.78. The smallest absolute Gasteiger partial charge is 0.332 e. The Morgan fingerprint density at radius 3 is 0.844 bits per heavy atom. The quantitative estimate of drug-likeness (QED) is 0.423. The maximum Gasteiger partial charge on any atom is 0.453 e. The van der Waals surface area contributed by atoms with Gasteiger partial charge in [0.15, 0.2) is 12.3 Å². The van der Waals surface area contributed by atoms with Gasteiger partial charge in [-0.05, 0) is 0 Å². The van der Waals surface area contributed by atoms with Crippen molar-refractivity contribution in [2.24, 2.45) is 0 Å². The fourth-order valence-electron chi connectivity index (χ4n) is 1.99. The third kappa shape index (κ3) is 5.27. The van der Waals surface area contributed by atoms with Gasteiger partial charge in [0.05, 0.1) is 13.2 Å². The van der Waals surface area contributed by atoms with Gasteiger partial charge in [-0.3, -0.25) is 9.47 Å². The van der Waals surface area contributed by atoms with E-state index in [2.05, 4.69) is 18.9 Å². The number of halogens is 16. The molecule has 2 fully saturated rings. The molecule has 0 radical (unpaired) electrons. The van der Waals surface area contributed by atoms with Crippen molar-refractivity contribution in [1.29, 1.82) is 0 Å². The van der Waals surface area contributed by atoms with Crippen LogP contribution in [0.5, 0.6) is 0 Å². The second-order valence-electron chi connectivity index (χ2n) is 5.82. The number of hydrogen-bond acceptors (Lipinski definition) is 4. The van der Waals surface area contributed by atoms with E-state index in [1.54, 1.807) is 0 Å². The highest BCUT2D eigenvalue weighted by atomic mass is 19.4. The molecule has 0 aromatic heterocycles. The van der Waals surface area contributed by atoms with Crippen molar-refractivity contribution >= 4 is 0 Å². The molecule has 0 aromatic rings. The van der Waals surface area contributed by atoms with Crippen LogP contribution in [0.4, 0.5) is 70.2 Å². The zero-order valence-electron chi connectivity index (χ0n) is 14.4. The largest absolute Gasteiger partial charge is 0.453 e. The van der Waals surface area contributed by atoms with E-state index in [1.165, 1.54) is 0 Å². The van der Waals surface area contributed by atoms with Crippen LogP contribution in [0, 0.1) is 0 Å². The Balaban J connectivity index is 0.000000320. The Morgan fingerprint density at radius 1 is 0.469 bits per heavy atom. The maximum atomic E-state index is 12.5. The summed E-state index contributed by atoms with van der Waals surface area (Å²) in [5, 5.41) is 0. The van der Waals surface area contributed by atoms with E-state index in [4.69, 9.17) is 0 Å². The molecule has 2 saturated heterocycles. The SMILES string of the molecule is FC1COC(C(F)(F)F)(C(F)(F)F)OC1F.FC1COC(C(F)(F)F)(C(F)(F)F)OC1F. The molecule has 4 unspecified atom stereocenters. The van der Waals surface area contributed by atoms with Crippen LogP contribution in [-0.4, -0.2) is 74.6 Å². The highest BCUT2D eigenvalue weighted by Crippen LogP contribution is 2.50. The van der Waals surface area contributed by atoms with Crippen LogP contribution in [0.15, 0.2) is 0 Å². The van der Waals surface area contributed by atoms with Gasteiger partial charge in [0.25, 0.3) is 0 Å². The van der Waals surface area contributed by atoms with E-state index in [9.17, 15) is 70.2 Å². The Kier molecular flexibility index (Phi) is 7.92. The first-order chi connectivity index (χ1) is 14.0. The summed E-state index contributed by atoms with van der Waals surface area (Å²) in [6.07, 6.45) is -36.3. The number of ether oxygens (including phenoxy) is 4. The lowest BCUT2D eigenvalue weighted by atomic mass is 10.2. The van der Waals surface area contributed by atoms with Crippen LogP contribution >= 0.6 is 0 Å². The molecule has 20 heteroatoms. The minimum atomic E-state index is -6.06. The molecular formula is C12H8F16O4. The van der Waals surface area contributed by atoms with Gasteiger partial charge in [-0.2, -0.15) is 52.7 Å². The first-order valence-corrected chi connectivity index (χ1v) is 7.49. The number of alkyl halides is 16. The average molecular weight is 520 g/mol. The van der Waals surface area contributed by atoms with Gasteiger partial charge in [0.2, 0.25) is 12.7 Å². The summed E-state index contributed by atoms with van der Waals surface area (Å²) in [6.45, 7) is -3.39. The number of rotatable bonds is 0. The zero-order valence-corrected chi connectivity index (χ0v) is 14.4. The van der Waals surface area contributed by atoms with Crippen LogP contribution < -0.4 is 0 Å². The Labute approximate surface area is 165 Å². The average Bonchev–Trinajstić information content (AvgIpc) is 2.56. The van der Waals surface area contributed by atoms with Crippen LogP contribution in [-0.2, 0) is 18.9 Å². The predicted molar refractivity (Wildman–Crippen MR) is 63.3 cm³/mol. The van der Waals surface area contributed by atoms with E-state index in [0.717, 1.165) is 0 Å². The fourth-order valence-corrected chi connectivity index (χ4v) is 1.99. The highest BCUT2D eigenvalue weighted by molar-refractivity contribution is 4.92. The van der Waals surface area contributed by atoms with Crippen molar-refractivity contribution < 1.29 is 89.2 Å². The minimum absolute atomic E-state index is 1.69. The normalized spacial score (nSPS) is 31.5. The van der Waals surface area contributed by atoms with Gasteiger partial charge in [-0.25, -0.2) is 17.6 Å². The van der Waals surface area contributed by atoms with Crippen molar-refractivity contribution in [3.63, 3.8) is 0 Å². The molecule has 4 atom stereocenters. The summed E-state index contributed by atoms with van der Waals surface area (Å²) in [6, 6.07) is 0. The molecule has 0 amide bonds. The Morgan fingerprint density at radius 2 is 0.688 bits per heavy atom. The molecular weight excluding hydrogens is 512 g/mol. The molecule has 2 rings (SSSR count). The van der Waals surface area contributed by atoms with Crippen molar-refractivity contribution in [2.45, 2.75) is 61.3 Å². The van der Waals surface area contributed by atoms with Crippen LogP contribution in [0.3, 0.4) is 0 Å². The maximum absolute atomic E-state index is 12.5. The lowest BCUT2D eigenvalue weighted by molar-refractivity contribution is -0.504. The predicted octanol–water partition coefficient (Wildman–Crippen LogP) is 4.98. The summed E-state index contributed by atoms with van der Waals surface area (Å²) in [5.74, 6) is -10.2. The Hall–Kier alpha value is -1.28. The first-order valence-electron chi connectivity index (χ1n) is 7.49. The lowest BCUT2D eigenvalue weighted by Gasteiger charge is -2.40.